The van der Waals surface area contributed by atoms with Crippen LogP contribution in [0.4, 0.5) is 18.0 Å². The predicted octanol–water partition coefficient (Wildman–Crippen LogP) is 3.18. The Hall–Kier alpha value is -2.58. The summed E-state index contributed by atoms with van der Waals surface area (Å²) in [4.78, 5) is 15.2. The second kappa shape index (κ2) is 6.27. The van der Waals surface area contributed by atoms with Crippen LogP contribution in [0.3, 0.4) is 0 Å². The molecule has 0 unspecified atom stereocenters. The van der Waals surface area contributed by atoms with Crippen molar-refractivity contribution < 1.29 is 27.2 Å². The third-order valence-electron chi connectivity index (χ3n) is 2.52. The lowest BCUT2D eigenvalue weighted by Crippen LogP contribution is -2.32. The fourth-order valence-electron chi connectivity index (χ4n) is 1.62. The number of nitrogens with zero attached hydrogens (tertiary/aromatic N) is 2. The zero-order valence-electron chi connectivity index (χ0n) is 12.6. The van der Waals surface area contributed by atoms with Gasteiger partial charge in [0.15, 0.2) is 11.6 Å². The van der Waals surface area contributed by atoms with Gasteiger partial charge < -0.3 is 14.6 Å². The normalized spacial score (nSPS) is 11.4. The van der Waals surface area contributed by atoms with Crippen molar-refractivity contribution in [3.8, 4) is 11.4 Å². The third-order valence-corrected chi connectivity index (χ3v) is 2.52. The number of aromatic nitrogens is 2. The quantitative estimate of drug-likeness (QED) is 0.875. The van der Waals surface area contributed by atoms with E-state index >= 15 is 0 Å². The molecule has 0 aliphatic rings. The zero-order chi connectivity index (χ0) is 17.2. The molecular weight excluding hydrogens is 315 g/mol. The van der Waals surface area contributed by atoms with Crippen LogP contribution in [0.5, 0.6) is 0 Å². The Balaban J connectivity index is 2.10. The molecule has 0 aliphatic carbocycles. The van der Waals surface area contributed by atoms with E-state index in [1.165, 1.54) is 0 Å². The van der Waals surface area contributed by atoms with E-state index in [-0.39, 0.29) is 12.4 Å². The molecule has 23 heavy (non-hydrogen) atoms. The van der Waals surface area contributed by atoms with Crippen molar-refractivity contribution in [3.05, 3.63) is 35.5 Å². The molecule has 2 aromatic rings. The summed E-state index contributed by atoms with van der Waals surface area (Å²) < 4.78 is 50.2. The van der Waals surface area contributed by atoms with Crippen LogP contribution in [0.25, 0.3) is 11.4 Å². The number of ether oxygens (including phenoxy) is 1. The number of hydrogen-bond acceptors (Lipinski definition) is 5. The van der Waals surface area contributed by atoms with Gasteiger partial charge in [0.1, 0.15) is 18.0 Å². The minimum atomic E-state index is -1.42. The number of carbonyl (C=O) groups is 1. The van der Waals surface area contributed by atoms with Crippen LogP contribution < -0.4 is 5.32 Å². The molecular formula is C14H14F3N3O3. The van der Waals surface area contributed by atoms with Crippen molar-refractivity contribution in [2.45, 2.75) is 32.9 Å². The van der Waals surface area contributed by atoms with Crippen molar-refractivity contribution in [1.82, 2.24) is 15.5 Å². The number of halogens is 3. The van der Waals surface area contributed by atoms with Crippen LogP contribution in [-0.4, -0.2) is 21.8 Å². The molecule has 0 fully saturated rings. The van der Waals surface area contributed by atoms with Crippen molar-refractivity contribution in [1.29, 1.82) is 0 Å². The van der Waals surface area contributed by atoms with Gasteiger partial charge in [0.2, 0.25) is 11.7 Å². The van der Waals surface area contributed by atoms with Crippen molar-refractivity contribution in [2.75, 3.05) is 0 Å². The minimum absolute atomic E-state index is 0.117. The number of carbonyl (C=O) groups excluding carboxylic acids is 1. The molecule has 6 nitrogen and oxygen atoms in total. The summed E-state index contributed by atoms with van der Waals surface area (Å²) in [5.41, 5.74) is -1.42. The Morgan fingerprint density at radius 2 is 1.91 bits per heavy atom. The van der Waals surface area contributed by atoms with E-state index in [4.69, 9.17) is 9.26 Å². The van der Waals surface area contributed by atoms with Gasteiger partial charge in [-0.1, -0.05) is 5.16 Å². The maximum Gasteiger partial charge on any atom is 0.408 e. The summed E-state index contributed by atoms with van der Waals surface area (Å²) in [5.74, 6) is -4.26. The lowest BCUT2D eigenvalue weighted by molar-refractivity contribution is 0.0518. The van der Waals surface area contributed by atoms with E-state index in [1.54, 1.807) is 20.8 Å². The summed E-state index contributed by atoms with van der Waals surface area (Å²) in [5, 5.41) is 5.72. The first kappa shape index (κ1) is 16.8. The van der Waals surface area contributed by atoms with Gasteiger partial charge in [-0.05, 0) is 32.9 Å². The molecule has 124 valence electrons. The zero-order valence-corrected chi connectivity index (χ0v) is 12.6. The number of nitrogens with one attached hydrogen (secondary N) is 1. The second-order valence-corrected chi connectivity index (χ2v) is 5.59. The van der Waals surface area contributed by atoms with Crippen molar-refractivity contribution in [2.24, 2.45) is 0 Å². The molecule has 1 N–H and O–H groups in total. The van der Waals surface area contributed by atoms with Crippen LogP contribution >= 0.6 is 0 Å². The average Bonchev–Trinajstić information content (AvgIpc) is 2.88. The van der Waals surface area contributed by atoms with E-state index in [2.05, 4.69) is 15.5 Å². The first-order valence-electron chi connectivity index (χ1n) is 6.60. The van der Waals surface area contributed by atoms with Crippen LogP contribution in [0, 0.1) is 17.5 Å². The highest BCUT2D eigenvalue weighted by molar-refractivity contribution is 5.67. The molecule has 1 amide bonds. The molecule has 0 saturated carbocycles. The highest BCUT2D eigenvalue weighted by atomic mass is 19.2. The average molecular weight is 329 g/mol. The van der Waals surface area contributed by atoms with E-state index in [1.807, 2.05) is 0 Å². The van der Waals surface area contributed by atoms with Gasteiger partial charge in [-0.15, -0.1) is 0 Å². The Morgan fingerprint density at radius 1 is 1.26 bits per heavy atom. The molecule has 1 heterocycles. The van der Waals surface area contributed by atoms with E-state index in [9.17, 15) is 18.0 Å². The monoisotopic (exact) mass is 329 g/mol. The molecule has 0 bridgehead atoms. The van der Waals surface area contributed by atoms with Gasteiger partial charge >= 0.3 is 6.09 Å². The van der Waals surface area contributed by atoms with Gasteiger partial charge in [-0.2, -0.15) is 4.98 Å². The number of alkyl carbamates (subject to hydrolysis) is 1. The van der Waals surface area contributed by atoms with Gasteiger partial charge in [0, 0.05) is 0 Å². The summed E-state index contributed by atoms with van der Waals surface area (Å²) in [6.07, 6.45) is -0.722. The molecule has 0 atom stereocenters. The van der Waals surface area contributed by atoms with Gasteiger partial charge in [-0.25, -0.2) is 18.0 Å². The molecule has 1 aromatic carbocycles. The molecule has 0 saturated heterocycles. The lowest BCUT2D eigenvalue weighted by Gasteiger charge is -2.19. The SMILES string of the molecule is CC(C)(C)OC(=O)NCc1nc(-c2c(F)ccc(F)c2F)no1. The molecule has 0 spiro atoms. The van der Waals surface area contributed by atoms with Crippen LogP contribution in [0.2, 0.25) is 0 Å². The van der Waals surface area contributed by atoms with Gasteiger partial charge in [0.05, 0.1) is 5.56 Å². The molecule has 1 aromatic heterocycles. The number of benzene rings is 1. The van der Waals surface area contributed by atoms with Crippen LogP contribution in [-0.2, 0) is 11.3 Å². The van der Waals surface area contributed by atoms with E-state index < -0.39 is 40.5 Å². The Labute approximate surface area is 129 Å². The summed E-state index contributed by atoms with van der Waals surface area (Å²) in [6.45, 7) is 4.85. The third kappa shape index (κ3) is 4.21. The number of amides is 1. The number of rotatable bonds is 3. The van der Waals surface area contributed by atoms with Crippen LogP contribution in [0.15, 0.2) is 16.7 Å². The van der Waals surface area contributed by atoms with Crippen molar-refractivity contribution >= 4 is 6.09 Å². The summed E-state index contributed by atoms with van der Waals surface area (Å²) in [7, 11) is 0. The largest absolute Gasteiger partial charge is 0.444 e. The standard InChI is InChI=1S/C14H14F3N3O3/c1-14(2,3)22-13(21)18-6-9-19-12(20-23-9)10-7(15)4-5-8(16)11(10)17/h4-5H,6H2,1-3H3,(H,18,21). The Bertz CT molecular complexity index is 726. The molecule has 0 radical (unpaired) electrons. The molecule has 2 rings (SSSR count). The van der Waals surface area contributed by atoms with E-state index in [0.717, 1.165) is 6.07 Å². The minimum Gasteiger partial charge on any atom is -0.444 e. The summed E-state index contributed by atoms with van der Waals surface area (Å²) in [6, 6.07) is 1.40. The first-order valence-corrected chi connectivity index (χ1v) is 6.60. The Morgan fingerprint density at radius 3 is 2.57 bits per heavy atom. The Kier molecular flexibility index (Phi) is 4.57. The fraction of sp³-hybridized carbons (Fsp3) is 0.357. The number of hydrogen-bond donors (Lipinski definition) is 1. The topological polar surface area (TPSA) is 77.2 Å². The smallest absolute Gasteiger partial charge is 0.408 e. The first-order chi connectivity index (χ1) is 10.7. The predicted molar refractivity (Wildman–Crippen MR) is 72.7 cm³/mol. The van der Waals surface area contributed by atoms with E-state index in [0.29, 0.717) is 6.07 Å². The maximum absolute atomic E-state index is 13.6. The van der Waals surface area contributed by atoms with Crippen molar-refractivity contribution in [3.63, 3.8) is 0 Å². The highest BCUT2D eigenvalue weighted by Gasteiger charge is 2.21. The van der Waals surface area contributed by atoms with Crippen LogP contribution in [0.1, 0.15) is 26.7 Å². The lowest BCUT2D eigenvalue weighted by atomic mass is 10.2. The summed E-state index contributed by atoms with van der Waals surface area (Å²) >= 11 is 0. The van der Waals surface area contributed by atoms with Gasteiger partial charge in [-0.3, -0.25) is 0 Å². The van der Waals surface area contributed by atoms with Gasteiger partial charge in [0.25, 0.3) is 0 Å². The maximum atomic E-state index is 13.6. The fourth-order valence-corrected chi connectivity index (χ4v) is 1.62. The second-order valence-electron chi connectivity index (χ2n) is 5.59. The molecule has 9 heteroatoms. The highest BCUT2D eigenvalue weighted by Crippen LogP contribution is 2.25. The molecule has 0 aliphatic heterocycles.